The summed E-state index contributed by atoms with van der Waals surface area (Å²) in [6.07, 6.45) is 2.09. The minimum atomic E-state index is 0.930. The maximum absolute atomic E-state index is 5.13. The molecule has 0 fully saturated rings. The molecule has 8 rings (SSSR count). The number of nitrogens with zero attached hydrogens (tertiary/aromatic N) is 3. The lowest BCUT2D eigenvalue weighted by Gasteiger charge is -2.14. The van der Waals surface area contributed by atoms with Crippen LogP contribution in [0.3, 0.4) is 0 Å². The van der Waals surface area contributed by atoms with Gasteiger partial charge in [0.05, 0.1) is 11.4 Å². The largest absolute Gasteiger partial charge is 0.299 e. The number of benzene rings is 5. The fourth-order valence-electron chi connectivity index (χ4n) is 6.39. The third-order valence-corrected chi connectivity index (χ3v) is 8.60. The molecular weight excluding hydrogens is 546 g/mol. The number of aryl methyl sites for hydroxylation is 2. The number of pyridine rings is 2. The Labute approximate surface area is 263 Å². The normalized spacial score (nSPS) is 11.3. The third-order valence-electron chi connectivity index (χ3n) is 8.60. The highest BCUT2D eigenvalue weighted by Crippen LogP contribution is 2.38. The van der Waals surface area contributed by atoms with E-state index < -0.39 is 0 Å². The first-order valence-corrected chi connectivity index (χ1v) is 15.3. The number of imidazole rings is 1. The average molecular weight is 578 g/mol. The van der Waals surface area contributed by atoms with Crippen LogP contribution in [0.2, 0.25) is 0 Å². The highest BCUT2D eigenvalue weighted by Gasteiger charge is 2.17. The highest BCUT2D eigenvalue weighted by atomic mass is 15.0. The lowest BCUT2D eigenvalue weighted by Crippen LogP contribution is -1.92. The van der Waals surface area contributed by atoms with Gasteiger partial charge in [-0.15, -0.1) is 0 Å². The van der Waals surface area contributed by atoms with Crippen LogP contribution in [0.4, 0.5) is 0 Å². The molecule has 0 amide bonds. The van der Waals surface area contributed by atoms with E-state index in [4.69, 9.17) is 9.97 Å². The predicted octanol–water partition coefficient (Wildman–Crippen LogP) is 10.8. The molecule has 3 heteroatoms. The summed E-state index contributed by atoms with van der Waals surface area (Å²) in [6, 6.07) is 51.9. The molecule has 45 heavy (non-hydrogen) atoms. The molecule has 214 valence electrons. The fraction of sp³-hybridized carbons (Fsp3) is 0.0476. The Hall–Kier alpha value is -5.80. The van der Waals surface area contributed by atoms with Crippen molar-refractivity contribution in [3.05, 3.63) is 163 Å². The van der Waals surface area contributed by atoms with E-state index >= 15 is 0 Å². The number of hydrogen-bond donors (Lipinski definition) is 0. The van der Waals surface area contributed by atoms with E-state index in [2.05, 4.69) is 157 Å². The SMILES string of the molecule is Cc1ccc(-c2cc(-c3cccc(-c4nc5ccccn5c4-c4ccccc4)c3)cc(-c3ccc4ccccc4c3)c2)c(C)n1. The van der Waals surface area contributed by atoms with E-state index in [-0.39, 0.29) is 0 Å². The second-order valence-corrected chi connectivity index (χ2v) is 11.6. The van der Waals surface area contributed by atoms with Gasteiger partial charge in [0.25, 0.3) is 0 Å². The van der Waals surface area contributed by atoms with Gasteiger partial charge in [-0.3, -0.25) is 9.38 Å². The summed E-state index contributed by atoms with van der Waals surface area (Å²) < 4.78 is 2.18. The topological polar surface area (TPSA) is 30.2 Å². The van der Waals surface area contributed by atoms with Crippen molar-refractivity contribution in [2.45, 2.75) is 13.8 Å². The van der Waals surface area contributed by atoms with Crippen molar-refractivity contribution >= 4 is 16.4 Å². The Morgan fingerprint density at radius 2 is 1.11 bits per heavy atom. The number of fused-ring (bicyclic) bond motifs is 2. The van der Waals surface area contributed by atoms with Crippen molar-refractivity contribution in [2.75, 3.05) is 0 Å². The van der Waals surface area contributed by atoms with E-state index in [1.807, 2.05) is 13.0 Å². The average Bonchev–Trinajstić information content (AvgIpc) is 3.48. The Kier molecular flexibility index (Phi) is 6.57. The second kappa shape index (κ2) is 11.0. The van der Waals surface area contributed by atoms with E-state index in [9.17, 15) is 0 Å². The van der Waals surface area contributed by atoms with Crippen molar-refractivity contribution in [1.82, 2.24) is 14.4 Å². The molecule has 0 unspecified atom stereocenters. The lowest BCUT2D eigenvalue weighted by atomic mass is 9.91. The summed E-state index contributed by atoms with van der Waals surface area (Å²) in [6.45, 7) is 4.14. The quantitative estimate of drug-likeness (QED) is 0.204. The summed E-state index contributed by atoms with van der Waals surface area (Å²) in [5.41, 5.74) is 14.2. The molecule has 0 atom stereocenters. The van der Waals surface area contributed by atoms with Crippen LogP contribution in [-0.2, 0) is 0 Å². The number of rotatable bonds is 5. The molecule has 0 saturated heterocycles. The van der Waals surface area contributed by atoms with Gasteiger partial charge in [0.1, 0.15) is 5.65 Å². The molecule has 3 heterocycles. The monoisotopic (exact) mass is 577 g/mol. The van der Waals surface area contributed by atoms with Gasteiger partial charge in [-0.2, -0.15) is 0 Å². The Bertz CT molecular complexity index is 2350. The van der Waals surface area contributed by atoms with Crippen LogP contribution in [0.15, 0.2) is 152 Å². The maximum Gasteiger partial charge on any atom is 0.137 e. The maximum atomic E-state index is 5.13. The van der Waals surface area contributed by atoms with E-state index in [0.717, 1.165) is 61.8 Å². The van der Waals surface area contributed by atoms with E-state index in [0.29, 0.717) is 0 Å². The minimum absolute atomic E-state index is 0.930. The van der Waals surface area contributed by atoms with Crippen LogP contribution in [0.5, 0.6) is 0 Å². The van der Waals surface area contributed by atoms with Crippen molar-refractivity contribution in [3.8, 4) is 55.9 Å². The van der Waals surface area contributed by atoms with Crippen LogP contribution < -0.4 is 0 Å². The molecule has 5 aromatic carbocycles. The van der Waals surface area contributed by atoms with Gasteiger partial charge in [0, 0.05) is 34.3 Å². The molecule has 0 aliphatic heterocycles. The lowest BCUT2D eigenvalue weighted by molar-refractivity contribution is 1.13. The summed E-state index contributed by atoms with van der Waals surface area (Å²) >= 11 is 0. The van der Waals surface area contributed by atoms with Gasteiger partial charge >= 0.3 is 0 Å². The van der Waals surface area contributed by atoms with Crippen molar-refractivity contribution < 1.29 is 0 Å². The standard InChI is InChI=1S/C42H31N3/c1-28-18-21-39(29(2)43-28)38-26-36(25-37(27-38)34-20-19-30-11-6-7-14-32(30)23-34)33-15-10-16-35(24-33)41-42(31-12-4-3-5-13-31)45-22-9-8-17-40(45)44-41/h3-27H,1-2H3. The van der Waals surface area contributed by atoms with Gasteiger partial charge in [-0.05, 0) is 101 Å². The summed E-state index contributed by atoms with van der Waals surface area (Å²) in [7, 11) is 0. The fourth-order valence-corrected chi connectivity index (χ4v) is 6.39. The summed E-state index contributed by atoms with van der Waals surface area (Å²) in [4.78, 5) is 9.93. The molecule has 0 bridgehead atoms. The molecule has 3 aromatic heterocycles. The first-order valence-electron chi connectivity index (χ1n) is 15.3. The van der Waals surface area contributed by atoms with Gasteiger partial charge in [-0.25, -0.2) is 4.98 Å². The zero-order valence-electron chi connectivity index (χ0n) is 25.3. The number of hydrogen-bond acceptors (Lipinski definition) is 2. The van der Waals surface area contributed by atoms with Gasteiger partial charge < -0.3 is 0 Å². The van der Waals surface area contributed by atoms with Gasteiger partial charge in [0.15, 0.2) is 0 Å². The Morgan fingerprint density at radius 3 is 1.93 bits per heavy atom. The zero-order valence-corrected chi connectivity index (χ0v) is 25.3. The third kappa shape index (κ3) is 4.99. The zero-order chi connectivity index (χ0) is 30.3. The van der Waals surface area contributed by atoms with Crippen molar-refractivity contribution in [3.63, 3.8) is 0 Å². The van der Waals surface area contributed by atoms with Crippen LogP contribution >= 0.6 is 0 Å². The molecule has 0 N–H and O–H groups in total. The van der Waals surface area contributed by atoms with Crippen LogP contribution in [-0.4, -0.2) is 14.4 Å². The molecule has 3 nitrogen and oxygen atoms in total. The van der Waals surface area contributed by atoms with Gasteiger partial charge in [-0.1, -0.05) is 97.1 Å². The Balaban J connectivity index is 1.32. The predicted molar refractivity (Wildman–Crippen MR) is 187 cm³/mol. The molecular formula is C42H31N3. The molecule has 0 aliphatic carbocycles. The minimum Gasteiger partial charge on any atom is -0.299 e. The molecule has 8 aromatic rings. The van der Waals surface area contributed by atoms with E-state index in [1.165, 1.54) is 21.9 Å². The van der Waals surface area contributed by atoms with Crippen LogP contribution in [0, 0.1) is 13.8 Å². The molecule has 0 saturated carbocycles. The molecule has 0 radical (unpaired) electrons. The second-order valence-electron chi connectivity index (χ2n) is 11.6. The van der Waals surface area contributed by atoms with Crippen molar-refractivity contribution in [2.24, 2.45) is 0 Å². The molecule has 0 spiro atoms. The number of aromatic nitrogens is 3. The van der Waals surface area contributed by atoms with E-state index in [1.54, 1.807) is 0 Å². The van der Waals surface area contributed by atoms with Crippen molar-refractivity contribution in [1.29, 1.82) is 0 Å². The smallest absolute Gasteiger partial charge is 0.137 e. The first-order chi connectivity index (χ1) is 22.1. The Morgan fingerprint density at radius 1 is 0.444 bits per heavy atom. The first kappa shape index (κ1) is 26.8. The van der Waals surface area contributed by atoms with Gasteiger partial charge in [0.2, 0.25) is 0 Å². The highest BCUT2D eigenvalue weighted by molar-refractivity contribution is 5.90. The molecule has 0 aliphatic rings. The van der Waals surface area contributed by atoms with Crippen LogP contribution in [0.1, 0.15) is 11.4 Å². The summed E-state index contributed by atoms with van der Waals surface area (Å²) in [5, 5.41) is 2.48. The van der Waals surface area contributed by atoms with Crippen LogP contribution in [0.25, 0.3) is 72.3 Å². The summed E-state index contributed by atoms with van der Waals surface area (Å²) in [5.74, 6) is 0.